The first-order valence-corrected chi connectivity index (χ1v) is 4.64. The summed E-state index contributed by atoms with van der Waals surface area (Å²) in [6, 6.07) is -0.221. The molecule has 0 bridgehead atoms. The number of nitrogens with zero attached hydrogens (tertiary/aromatic N) is 1. The van der Waals surface area contributed by atoms with Crippen molar-refractivity contribution in [2.24, 2.45) is 0 Å². The van der Waals surface area contributed by atoms with Crippen molar-refractivity contribution in [2.45, 2.75) is 19.0 Å². The zero-order valence-corrected chi connectivity index (χ0v) is 9.14. The molecule has 20 heavy (non-hydrogen) atoms. The van der Waals surface area contributed by atoms with Crippen molar-refractivity contribution in [3.8, 4) is 5.88 Å². The maximum absolute atomic E-state index is 13.2. The van der Waals surface area contributed by atoms with Gasteiger partial charge in [0.05, 0.1) is 12.1 Å². The predicted molar refractivity (Wildman–Crippen MR) is 47.2 cm³/mol. The molecule has 112 valence electrons. The molecule has 0 aliphatic rings. The zero-order chi connectivity index (χ0) is 15.7. The smallest absolute Gasteiger partial charge is 0.481 e. The van der Waals surface area contributed by atoms with Gasteiger partial charge in [-0.25, -0.2) is 9.37 Å². The number of hydrogen-bond donors (Lipinski definition) is 1. The van der Waals surface area contributed by atoms with Gasteiger partial charge in [-0.2, -0.15) is 13.2 Å². The second kappa shape index (κ2) is 5.13. The fourth-order valence-corrected chi connectivity index (χ4v) is 1.28. The van der Waals surface area contributed by atoms with Gasteiger partial charge in [-0.05, 0) is 0 Å². The van der Waals surface area contributed by atoms with E-state index in [0.29, 0.717) is 0 Å². The summed E-state index contributed by atoms with van der Waals surface area (Å²) >= 11 is 0. The Hall–Kier alpha value is -2.07. The minimum atomic E-state index is -5.31. The Morgan fingerprint density at radius 1 is 1.25 bits per heavy atom. The van der Waals surface area contributed by atoms with Gasteiger partial charge in [0.25, 0.3) is 0 Å². The van der Waals surface area contributed by atoms with Gasteiger partial charge >= 0.3 is 18.5 Å². The van der Waals surface area contributed by atoms with Crippen molar-refractivity contribution in [1.29, 1.82) is 0 Å². The second-order valence-electron chi connectivity index (χ2n) is 3.38. The molecule has 0 aliphatic carbocycles. The van der Waals surface area contributed by atoms with Gasteiger partial charge in [0, 0.05) is 6.07 Å². The van der Waals surface area contributed by atoms with E-state index in [1.165, 1.54) is 0 Å². The molecule has 0 radical (unpaired) electrons. The Morgan fingerprint density at radius 2 is 1.80 bits per heavy atom. The fourth-order valence-electron chi connectivity index (χ4n) is 1.28. The van der Waals surface area contributed by atoms with Crippen LogP contribution in [0, 0.1) is 5.82 Å². The van der Waals surface area contributed by atoms with E-state index in [0.717, 1.165) is 0 Å². The van der Waals surface area contributed by atoms with Crippen LogP contribution in [0.4, 0.5) is 30.7 Å². The van der Waals surface area contributed by atoms with Gasteiger partial charge in [-0.1, -0.05) is 0 Å². The standard InChI is InChI=1S/C9H4F7NO3/c10-3-1-5(20-9(14,15)16)17-4(2-6(18)19)7(3)8(11,12)13/h1H,2H2,(H,18,19). The van der Waals surface area contributed by atoms with E-state index in [-0.39, 0.29) is 6.07 Å². The number of ether oxygens (including phenoxy) is 1. The Bertz CT molecular complexity index is 523. The third kappa shape index (κ3) is 4.24. The summed E-state index contributed by atoms with van der Waals surface area (Å²) < 4.78 is 89.5. The van der Waals surface area contributed by atoms with Crippen LogP contribution in [0.25, 0.3) is 0 Å². The van der Waals surface area contributed by atoms with Gasteiger partial charge in [0.1, 0.15) is 11.4 Å². The highest BCUT2D eigenvalue weighted by molar-refractivity contribution is 5.70. The van der Waals surface area contributed by atoms with Gasteiger partial charge in [0.2, 0.25) is 5.88 Å². The van der Waals surface area contributed by atoms with Crippen LogP contribution in [0.2, 0.25) is 0 Å². The molecule has 0 unspecified atom stereocenters. The van der Waals surface area contributed by atoms with Crippen molar-refractivity contribution >= 4 is 5.97 Å². The molecule has 11 heteroatoms. The molecular weight excluding hydrogens is 303 g/mol. The molecule has 1 heterocycles. The van der Waals surface area contributed by atoms with Crippen molar-refractivity contribution in [2.75, 3.05) is 0 Å². The lowest BCUT2D eigenvalue weighted by molar-refractivity contribution is -0.276. The molecule has 0 spiro atoms. The lowest BCUT2D eigenvalue weighted by Gasteiger charge is -2.14. The molecule has 4 nitrogen and oxygen atoms in total. The summed E-state index contributed by atoms with van der Waals surface area (Å²) in [5.74, 6) is -5.45. The Morgan fingerprint density at radius 3 is 2.20 bits per heavy atom. The van der Waals surface area contributed by atoms with E-state index in [4.69, 9.17) is 5.11 Å². The van der Waals surface area contributed by atoms with Gasteiger partial charge < -0.3 is 9.84 Å². The summed E-state index contributed by atoms with van der Waals surface area (Å²) in [4.78, 5) is 13.1. The molecule has 0 saturated carbocycles. The Balaban J connectivity index is 3.37. The first-order chi connectivity index (χ1) is 8.90. The third-order valence-electron chi connectivity index (χ3n) is 1.85. The van der Waals surface area contributed by atoms with Gasteiger partial charge in [0.15, 0.2) is 0 Å². The van der Waals surface area contributed by atoms with Crippen LogP contribution < -0.4 is 4.74 Å². The zero-order valence-electron chi connectivity index (χ0n) is 9.14. The number of carboxylic acids is 1. The first-order valence-electron chi connectivity index (χ1n) is 4.64. The number of aliphatic carboxylic acids is 1. The number of rotatable bonds is 3. The van der Waals surface area contributed by atoms with E-state index < -0.39 is 47.9 Å². The molecule has 1 rings (SSSR count). The lowest BCUT2D eigenvalue weighted by atomic mass is 10.1. The highest BCUT2D eigenvalue weighted by Gasteiger charge is 2.40. The lowest BCUT2D eigenvalue weighted by Crippen LogP contribution is -2.21. The van der Waals surface area contributed by atoms with Crippen LogP contribution >= 0.6 is 0 Å². The summed E-state index contributed by atoms with van der Waals surface area (Å²) in [5, 5.41) is 8.38. The average Bonchev–Trinajstić information content (AvgIpc) is 2.08. The van der Waals surface area contributed by atoms with Crippen LogP contribution in [0.15, 0.2) is 6.07 Å². The molecule has 0 atom stereocenters. The quantitative estimate of drug-likeness (QED) is 0.872. The molecule has 1 aromatic rings. The van der Waals surface area contributed by atoms with Crippen LogP contribution in [0.1, 0.15) is 11.3 Å². The van der Waals surface area contributed by atoms with Gasteiger partial charge in [-0.3, -0.25) is 4.79 Å². The largest absolute Gasteiger partial charge is 0.574 e. The molecular formula is C9H4F7NO3. The highest BCUT2D eigenvalue weighted by Crippen LogP contribution is 2.35. The molecule has 0 saturated heterocycles. The molecule has 0 aromatic carbocycles. The van der Waals surface area contributed by atoms with Crippen molar-refractivity contribution in [1.82, 2.24) is 4.98 Å². The first kappa shape index (κ1) is 16.0. The SMILES string of the molecule is O=C(O)Cc1nc(OC(F)(F)F)cc(F)c1C(F)(F)F. The molecule has 0 amide bonds. The van der Waals surface area contributed by atoms with E-state index >= 15 is 0 Å². The summed E-state index contributed by atoms with van der Waals surface area (Å²) in [5.41, 5.74) is -3.46. The highest BCUT2D eigenvalue weighted by atomic mass is 19.4. The second-order valence-corrected chi connectivity index (χ2v) is 3.38. The minimum Gasteiger partial charge on any atom is -0.481 e. The number of halogens is 7. The predicted octanol–water partition coefficient (Wildman–Crippen LogP) is 2.77. The summed E-state index contributed by atoms with van der Waals surface area (Å²) in [7, 11) is 0. The molecule has 0 fully saturated rings. The molecule has 0 aliphatic heterocycles. The van der Waals surface area contributed by atoms with Crippen LogP contribution in [-0.4, -0.2) is 22.4 Å². The van der Waals surface area contributed by atoms with Crippen molar-refractivity contribution in [3.63, 3.8) is 0 Å². The van der Waals surface area contributed by atoms with Crippen LogP contribution in [-0.2, 0) is 17.4 Å². The maximum atomic E-state index is 13.2. The van der Waals surface area contributed by atoms with Crippen molar-refractivity contribution < 1.29 is 45.4 Å². The monoisotopic (exact) mass is 307 g/mol. The van der Waals surface area contributed by atoms with Crippen LogP contribution in [0.3, 0.4) is 0 Å². The molecule has 1 N–H and O–H groups in total. The normalized spacial score (nSPS) is 12.3. The average molecular weight is 307 g/mol. The number of aromatic nitrogens is 1. The summed E-state index contributed by atoms with van der Waals surface area (Å²) in [6.07, 6.45) is -12.0. The van der Waals surface area contributed by atoms with Crippen LogP contribution in [0.5, 0.6) is 5.88 Å². The Kier molecular flexibility index (Phi) is 4.10. The number of carboxylic acid groups (broad SMARTS) is 1. The van der Waals surface area contributed by atoms with Gasteiger partial charge in [-0.15, -0.1) is 13.2 Å². The third-order valence-corrected chi connectivity index (χ3v) is 1.85. The van der Waals surface area contributed by atoms with E-state index in [9.17, 15) is 35.5 Å². The van der Waals surface area contributed by atoms with E-state index in [1.54, 1.807) is 0 Å². The number of pyridine rings is 1. The van der Waals surface area contributed by atoms with E-state index in [1.807, 2.05) is 0 Å². The number of hydrogen-bond acceptors (Lipinski definition) is 3. The maximum Gasteiger partial charge on any atom is 0.574 e. The summed E-state index contributed by atoms with van der Waals surface area (Å²) in [6.45, 7) is 0. The minimum absolute atomic E-state index is 0.221. The topological polar surface area (TPSA) is 59.4 Å². The molecule has 1 aromatic heterocycles. The van der Waals surface area contributed by atoms with Crippen molar-refractivity contribution in [3.05, 3.63) is 23.1 Å². The fraction of sp³-hybridized carbons (Fsp3) is 0.333. The van der Waals surface area contributed by atoms with E-state index in [2.05, 4.69) is 9.72 Å². The Labute approximate surface area is 105 Å². The number of carbonyl (C=O) groups is 1. The number of alkyl halides is 6.